The van der Waals surface area contributed by atoms with Gasteiger partial charge in [-0.2, -0.15) is 0 Å². The highest BCUT2D eigenvalue weighted by molar-refractivity contribution is 8.00. The molecule has 1 aliphatic rings. The lowest BCUT2D eigenvalue weighted by atomic mass is 9.99. The standard InChI is InChI=1S/C12H20N2O4S/c1-9-3-2-5-14(12(9)18)6-4-13-10(15)7-19-8-11(16)17/h9H,2-8H2,1H3,(H,13,15)(H,16,17)/t9-/m0/s1. The number of piperidine rings is 1. The number of carboxylic acids is 1. The lowest BCUT2D eigenvalue weighted by Gasteiger charge is -2.30. The number of carbonyl (C=O) groups is 3. The minimum Gasteiger partial charge on any atom is -0.481 e. The largest absolute Gasteiger partial charge is 0.481 e. The zero-order valence-electron chi connectivity index (χ0n) is 11.1. The molecule has 0 aromatic carbocycles. The zero-order chi connectivity index (χ0) is 14.3. The maximum atomic E-state index is 11.8. The van der Waals surface area contributed by atoms with Gasteiger partial charge in [-0.25, -0.2) is 0 Å². The second-order valence-corrected chi connectivity index (χ2v) is 5.59. The fourth-order valence-electron chi connectivity index (χ4n) is 1.97. The number of thioether (sulfide) groups is 1. The van der Waals surface area contributed by atoms with Gasteiger partial charge in [0.15, 0.2) is 0 Å². The van der Waals surface area contributed by atoms with E-state index in [0.717, 1.165) is 31.1 Å². The van der Waals surface area contributed by atoms with Crippen LogP contribution in [-0.2, 0) is 14.4 Å². The van der Waals surface area contributed by atoms with Crippen molar-refractivity contribution in [2.24, 2.45) is 5.92 Å². The lowest BCUT2D eigenvalue weighted by molar-refractivity contribution is -0.138. The number of aliphatic carboxylic acids is 1. The van der Waals surface area contributed by atoms with E-state index in [4.69, 9.17) is 5.11 Å². The van der Waals surface area contributed by atoms with E-state index in [0.29, 0.717) is 13.1 Å². The molecule has 7 heteroatoms. The molecule has 108 valence electrons. The summed E-state index contributed by atoms with van der Waals surface area (Å²) in [6.07, 6.45) is 1.95. The topological polar surface area (TPSA) is 86.7 Å². The minimum atomic E-state index is -0.925. The first-order valence-corrected chi connectivity index (χ1v) is 7.51. The van der Waals surface area contributed by atoms with Crippen LogP contribution in [0, 0.1) is 5.92 Å². The molecule has 0 spiro atoms. The van der Waals surface area contributed by atoms with Gasteiger partial charge in [0, 0.05) is 25.6 Å². The molecule has 0 aromatic heterocycles. The van der Waals surface area contributed by atoms with Crippen LogP contribution in [0.3, 0.4) is 0 Å². The second-order valence-electron chi connectivity index (χ2n) is 4.61. The summed E-state index contributed by atoms with van der Waals surface area (Å²) < 4.78 is 0. The van der Waals surface area contributed by atoms with Gasteiger partial charge in [-0.1, -0.05) is 6.92 Å². The van der Waals surface area contributed by atoms with Crippen molar-refractivity contribution in [1.82, 2.24) is 10.2 Å². The van der Waals surface area contributed by atoms with Crippen molar-refractivity contribution in [2.75, 3.05) is 31.1 Å². The fourth-order valence-corrected chi connectivity index (χ4v) is 2.53. The Morgan fingerprint density at radius 1 is 1.47 bits per heavy atom. The third-order valence-corrected chi connectivity index (χ3v) is 3.88. The summed E-state index contributed by atoms with van der Waals surface area (Å²) in [6.45, 7) is 3.63. The molecule has 0 aromatic rings. The van der Waals surface area contributed by atoms with E-state index in [9.17, 15) is 14.4 Å². The summed E-state index contributed by atoms with van der Waals surface area (Å²) in [5, 5.41) is 11.1. The van der Waals surface area contributed by atoms with E-state index < -0.39 is 5.97 Å². The third-order valence-electron chi connectivity index (χ3n) is 2.96. The number of nitrogens with zero attached hydrogens (tertiary/aromatic N) is 1. The number of hydrogen-bond donors (Lipinski definition) is 2. The highest BCUT2D eigenvalue weighted by Gasteiger charge is 2.24. The van der Waals surface area contributed by atoms with E-state index in [2.05, 4.69) is 5.32 Å². The van der Waals surface area contributed by atoms with Crippen molar-refractivity contribution in [3.05, 3.63) is 0 Å². The number of hydrogen-bond acceptors (Lipinski definition) is 4. The van der Waals surface area contributed by atoms with Crippen LogP contribution in [0.4, 0.5) is 0 Å². The van der Waals surface area contributed by atoms with Crippen LogP contribution in [0.25, 0.3) is 0 Å². The predicted molar refractivity (Wildman–Crippen MR) is 72.9 cm³/mol. The molecule has 2 N–H and O–H groups in total. The molecule has 0 unspecified atom stereocenters. The normalized spacial score (nSPS) is 19.3. The smallest absolute Gasteiger partial charge is 0.313 e. The van der Waals surface area contributed by atoms with Crippen LogP contribution in [0.5, 0.6) is 0 Å². The number of likely N-dealkylation sites (tertiary alicyclic amines) is 1. The molecule has 1 fully saturated rings. The Morgan fingerprint density at radius 2 is 2.21 bits per heavy atom. The summed E-state index contributed by atoms with van der Waals surface area (Å²) >= 11 is 1.06. The van der Waals surface area contributed by atoms with Gasteiger partial charge in [0.25, 0.3) is 0 Å². The van der Waals surface area contributed by atoms with Crippen molar-refractivity contribution in [3.63, 3.8) is 0 Å². The fraction of sp³-hybridized carbons (Fsp3) is 0.750. The van der Waals surface area contributed by atoms with Crippen LogP contribution >= 0.6 is 11.8 Å². The van der Waals surface area contributed by atoms with Crippen molar-refractivity contribution >= 4 is 29.5 Å². The average molecular weight is 288 g/mol. The molecule has 1 rings (SSSR count). The maximum absolute atomic E-state index is 11.8. The van der Waals surface area contributed by atoms with Gasteiger partial charge in [0.1, 0.15) is 0 Å². The lowest BCUT2D eigenvalue weighted by Crippen LogP contribution is -2.44. The van der Waals surface area contributed by atoms with Crippen LogP contribution in [0.1, 0.15) is 19.8 Å². The Hall–Kier alpha value is -1.24. The van der Waals surface area contributed by atoms with Gasteiger partial charge in [0.05, 0.1) is 11.5 Å². The number of rotatable bonds is 7. The minimum absolute atomic E-state index is 0.0739. The molecule has 0 saturated carbocycles. The summed E-state index contributed by atoms with van der Waals surface area (Å²) in [5.41, 5.74) is 0. The first-order chi connectivity index (χ1) is 9.00. The molecule has 0 radical (unpaired) electrons. The number of carboxylic acid groups (broad SMARTS) is 1. The van der Waals surface area contributed by atoms with E-state index in [1.54, 1.807) is 4.90 Å². The summed E-state index contributed by atoms with van der Waals surface area (Å²) in [4.78, 5) is 35.2. The first-order valence-electron chi connectivity index (χ1n) is 6.35. The second kappa shape index (κ2) is 8.04. The first kappa shape index (κ1) is 15.8. The summed E-state index contributed by atoms with van der Waals surface area (Å²) in [7, 11) is 0. The van der Waals surface area contributed by atoms with Crippen LogP contribution in [0.2, 0.25) is 0 Å². The number of nitrogens with one attached hydrogen (secondary N) is 1. The Labute approximate surface area is 116 Å². The Bertz CT molecular complexity index is 349. The summed E-state index contributed by atoms with van der Waals surface area (Å²) in [6, 6.07) is 0. The van der Waals surface area contributed by atoms with Gasteiger partial charge >= 0.3 is 5.97 Å². The Balaban J connectivity index is 2.14. The van der Waals surface area contributed by atoms with Crippen molar-refractivity contribution in [1.29, 1.82) is 0 Å². The molecule has 0 bridgehead atoms. The molecule has 1 aliphatic heterocycles. The molecule has 1 saturated heterocycles. The van der Waals surface area contributed by atoms with Gasteiger partial charge < -0.3 is 15.3 Å². The molecular weight excluding hydrogens is 268 g/mol. The average Bonchev–Trinajstić information content (AvgIpc) is 2.34. The van der Waals surface area contributed by atoms with Crippen molar-refractivity contribution < 1.29 is 19.5 Å². The van der Waals surface area contributed by atoms with Gasteiger partial charge in [-0.05, 0) is 12.8 Å². The van der Waals surface area contributed by atoms with Crippen molar-refractivity contribution in [2.45, 2.75) is 19.8 Å². The van der Waals surface area contributed by atoms with Crippen LogP contribution in [-0.4, -0.2) is 58.9 Å². The Morgan fingerprint density at radius 3 is 2.89 bits per heavy atom. The SMILES string of the molecule is C[C@H]1CCCN(CCNC(=O)CSCC(=O)O)C1=O. The molecule has 0 aliphatic carbocycles. The van der Waals surface area contributed by atoms with Gasteiger partial charge in [-0.3, -0.25) is 14.4 Å². The third kappa shape index (κ3) is 5.96. The van der Waals surface area contributed by atoms with E-state index in [1.165, 1.54) is 0 Å². The van der Waals surface area contributed by atoms with E-state index >= 15 is 0 Å². The number of carbonyl (C=O) groups excluding carboxylic acids is 2. The molecule has 1 atom stereocenters. The van der Waals surface area contributed by atoms with E-state index in [-0.39, 0.29) is 29.2 Å². The Kier molecular flexibility index (Phi) is 6.69. The van der Waals surface area contributed by atoms with E-state index in [1.807, 2.05) is 6.92 Å². The monoisotopic (exact) mass is 288 g/mol. The van der Waals surface area contributed by atoms with Crippen molar-refractivity contribution in [3.8, 4) is 0 Å². The molecular formula is C12H20N2O4S. The van der Waals surface area contributed by atoms with Crippen LogP contribution in [0.15, 0.2) is 0 Å². The molecule has 6 nitrogen and oxygen atoms in total. The number of amides is 2. The quantitative estimate of drug-likeness (QED) is 0.698. The van der Waals surface area contributed by atoms with Gasteiger partial charge in [0.2, 0.25) is 11.8 Å². The predicted octanol–water partition coefficient (Wildman–Crippen LogP) is 0.179. The highest BCUT2D eigenvalue weighted by Crippen LogP contribution is 2.16. The maximum Gasteiger partial charge on any atom is 0.313 e. The highest BCUT2D eigenvalue weighted by atomic mass is 32.2. The molecule has 2 amide bonds. The van der Waals surface area contributed by atoms with Crippen LogP contribution < -0.4 is 5.32 Å². The van der Waals surface area contributed by atoms with Gasteiger partial charge in [-0.15, -0.1) is 11.8 Å². The molecule has 19 heavy (non-hydrogen) atoms. The molecule has 1 heterocycles. The zero-order valence-corrected chi connectivity index (χ0v) is 11.9. The summed E-state index contributed by atoms with van der Waals surface area (Å²) in [5.74, 6) is -0.822.